The normalized spacial score (nSPS) is 21.3. The van der Waals surface area contributed by atoms with Gasteiger partial charge in [0.15, 0.2) is 0 Å². The summed E-state index contributed by atoms with van der Waals surface area (Å²) in [4.78, 5) is 13.1. The lowest BCUT2D eigenvalue weighted by Gasteiger charge is -2.05. The molecule has 0 aliphatic carbocycles. The van der Waals surface area contributed by atoms with Gasteiger partial charge in [0.1, 0.15) is 5.78 Å². The molecule has 2 heterocycles. The number of carbonyl (C=O) groups is 1. The smallest absolute Gasteiger partial charge is 0.137 e. The molecule has 0 radical (unpaired) electrons. The van der Waals surface area contributed by atoms with E-state index in [1.54, 1.807) is 11.3 Å². The van der Waals surface area contributed by atoms with Crippen LogP contribution in [0.5, 0.6) is 0 Å². The summed E-state index contributed by atoms with van der Waals surface area (Å²) in [5.74, 6) is 3.07. The van der Waals surface area contributed by atoms with Gasteiger partial charge in [-0.1, -0.05) is 6.07 Å². The van der Waals surface area contributed by atoms with Crippen LogP contribution >= 0.6 is 23.1 Å². The summed E-state index contributed by atoms with van der Waals surface area (Å²) in [6.45, 7) is 0. The highest BCUT2D eigenvalue weighted by Crippen LogP contribution is 2.25. The summed E-state index contributed by atoms with van der Waals surface area (Å²) in [5.41, 5.74) is 0. The van der Waals surface area contributed by atoms with E-state index >= 15 is 0 Å². The monoisotopic (exact) mass is 226 g/mol. The molecule has 0 spiro atoms. The van der Waals surface area contributed by atoms with Crippen molar-refractivity contribution in [3.05, 3.63) is 22.4 Å². The van der Waals surface area contributed by atoms with Crippen molar-refractivity contribution in [3.63, 3.8) is 0 Å². The summed E-state index contributed by atoms with van der Waals surface area (Å²) < 4.78 is 0. The van der Waals surface area contributed by atoms with Gasteiger partial charge in [0.25, 0.3) is 0 Å². The Bertz CT molecular complexity index is 286. The van der Waals surface area contributed by atoms with Crippen LogP contribution in [0, 0.1) is 5.92 Å². The molecule has 0 N–H and O–H groups in total. The van der Waals surface area contributed by atoms with E-state index in [0.29, 0.717) is 11.7 Å². The minimum absolute atomic E-state index is 0.361. The van der Waals surface area contributed by atoms with E-state index in [1.807, 2.05) is 11.8 Å². The van der Waals surface area contributed by atoms with Crippen LogP contribution in [0.15, 0.2) is 17.5 Å². The molecule has 3 heteroatoms. The second-order valence-corrected chi connectivity index (χ2v) is 5.79. The van der Waals surface area contributed by atoms with Crippen molar-refractivity contribution in [1.29, 1.82) is 0 Å². The highest BCUT2D eigenvalue weighted by Gasteiger charge is 2.22. The Kier molecular flexibility index (Phi) is 3.65. The topological polar surface area (TPSA) is 17.1 Å². The number of rotatable bonds is 4. The Morgan fingerprint density at radius 2 is 2.50 bits per heavy atom. The zero-order valence-corrected chi connectivity index (χ0v) is 9.70. The highest BCUT2D eigenvalue weighted by molar-refractivity contribution is 7.99. The molecule has 1 aliphatic heterocycles. The quantitative estimate of drug-likeness (QED) is 0.785. The van der Waals surface area contributed by atoms with Crippen LogP contribution in [0.2, 0.25) is 0 Å². The second-order valence-electron chi connectivity index (χ2n) is 3.61. The lowest BCUT2D eigenvalue weighted by molar-refractivity contribution is -0.122. The lowest BCUT2D eigenvalue weighted by atomic mass is 10.00. The van der Waals surface area contributed by atoms with Crippen LogP contribution in [-0.4, -0.2) is 17.3 Å². The third kappa shape index (κ3) is 2.61. The second kappa shape index (κ2) is 4.99. The van der Waals surface area contributed by atoms with Crippen molar-refractivity contribution in [1.82, 2.24) is 0 Å². The van der Waals surface area contributed by atoms with Gasteiger partial charge >= 0.3 is 0 Å². The molecular weight excluding hydrogens is 212 g/mol. The van der Waals surface area contributed by atoms with E-state index < -0.39 is 0 Å². The molecule has 1 aliphatic rings. The van der Waals surface area contributed by atoms with E-state index in [-0.39, 0.29) is 0 Å². The number of carbonyl (C=O) groups excluding carboxylic acids is 1. The number of hydrogen-bond acceptors (Lipinski definition) is 3. The van der Waals surface area contributed by atoms with Gasteiger partial charge in [0.2, 0.25) is 0 Å². The molecular formula is C11H14OS2. The molecule has 0 saturated carbocycles. The van der Waals surface area contributed by atoms with Crippen molar-refractivity contribution in [2.75, 3.05) is 11.5 Å². The van der Waals surface area contributed by atoms with E-state index in [4.69, 9.17) is 0 Å². The fourth-order valence-corrected chi connectivity index (χ4v) is 3.66. The first-order chi connectivity index (χ1) is 6.86. The van der Waals surface area contributed by atoms with E-state index in [2.05, 4.69) is 17.5 Å². The largest absolute Gasteiger partial charge is 0.299 e. The molecule has 1 aromatic rings. The van der Waals surface area contributed by atoms with Gasteiger partial charge in [0, 0.05) is 23.0 Å². The maximum Gasteiger partial charge on any atom is 0.137 e. The zero-order chi connectivity index (χ0) is 9.80. The maximum atomic E-state index is 11.7. The van der Waals surface area contributed by atoms with Gasteiger partial charge in [0.05, 0.1) is 0 Å². The standard InChI is InChI=1S/C11H14OS2/c12-11(9-5-7-13-8-9)4-3-10-2-1-6-14-10/h1-2,6,9H,3-5,7-8H2. The third-order valence-corrected chi connectivity index (χ3v) is 4.68. The van der Waals surface area contributed by atoms with E-state index in [9.17, 15) is 4.79 Å². The SMILES string of the molecule is O=C(CCc1cccs1)C1CCSC1. The van der Waals surface area contributed by atoms with Crippen molar-refractivity contribution in [3.8, 4) is 0 Å². The average molecular weight is 226 g/mol. The molecule has 0 bridgehead atoms. The third-order valence-electron chi connectivity index (χ3n) is 2.58. The molecule has 1 nitrogen and oxygen atoms in total. The Morgan fingerprint density at radius 3 is 3.14 bits per heavy atom. The molecule has 76 valence electrons. The molecule has 2 rings (SSSR count). The molecule has 1 aromatic heterocycles. The number of Topliss-reactive ketones (excluding diaryl/α,β-unsaturated/α-hetero) is 1. The van der Waals surface area contributed by atoms with Crippen LogP contribution in [0.4, 0.5) is 0 Å². The van der Waals surface area contributed by atoms with Crippen molar-refractivity contribution in [2.24, 2.45) is 5.92 Å². The van der Waals surface area contributed by atoms with Crippen LogP contribution in [-0.2, 0) is 11.2 Å². The van der Waals surface area contributed by atoms with Gasteiger partial charge < -0.3 is 0 Å². The minimum atomic E-state index is 0.361. The molecule has 1 atom stereocenters. The number of thiophene rings is 1. The van der Waals surface area contributed by atoms with Gasteiger partial charge in [-0.25, -0.2) is 0 Å². The van der Waals surface area contributed by atoms with Crippen LogP contribution in [0.25, 0.3) is 0 Å². The number of ketones is 1. The molecule has 14 heavy (non-hydrogen) atoms. The first kappa shape index (κ1) is 10.2. The summed E-state index contributed by atoms with van der Waals surface area (Å²) in [5, 5.41) is 2.07. The number of hydrogen-bond donors (Lipinski definition) is 0. The van der Waals surface area contributed by atoms with Crippen LogP contribution < -0.4 is 0 Å². The Balaban J connectivity index is 1.77. The maximum absolute atomic E-state index is 11.7. The predicted molar refractivity (Wildman–Crippen MR) is 63.1 cm³/mol. The summed E-state index contributed by atoms with van der Waals surface area (Å²) in [6, 6.07) is 4.16. The molecule has 0 aromatic carbocycles. The molecule has 1 fully saturated rings. The fraction of sp³-hybridized carbons (Fsp3) is 0.545. The zero-order valence-electron chi connectivity index (χ0n) is 8.07. The van der Waals surface area contributed by atoms with Crippen LogP contribution in [0.1, 0.15) is 17.7 Å². The Morgan fingerprint density at radius 1 is 1.57 bits per heavy atom. The van der Waals surface area contributed by atoms with Crippen molar-refractivity contribution in [2.45, 2.75) is 19.3 Å². The first-order valence-electron chi connectivity index (χ1n) is 4.99. The van der Waals surface area contributed by atoms with E-state index in [0.717, 1.165) is 25.0 Å². The van der Waals surface area contributed by atoms with Crippen molar-refractivity contribution >= 4 is 28.9 Å². The van der Waals surface area contributed by atoms with Crippen LogP contribution in [0.3, 0.4) is 0 Å². The highest BCUT2D eigenvalue weighted by atomic mass is 32.2. The summed E-state index contributed by atoms with van der Waals surface area (Å²) >= 11 is 3.67. The van der Waals surface area contributed by atoms with Crippen molar-refractivity contribution < 1.29 is 4.79 Å². The first-order valence-corrected chi connectivity index (χ1v) is 7.02. The Labute approximate surface area is 92.9 Å². The molecule has 1 saturated heterocycles. The van der Waals surface area contributed by atoms with E-state index in [1.165, 1.54) is 10.6 Å². The van der Waals surface area contributed by atoms with Gasteiger partial charge in [-0.05, 0) is 30.0 Å². The predicted octanol–water partition coefficient (Wildman–Crippen LogP) is 3.00. The molecule has 1 unspecified atom stereocenters. The minimum Gasteiger partial charge on any atom is -0.299 e. The Hall–Kier alpha value is -0.280. The van der Waals surface area contributed by atoms with Gasteiger partial charge in [-0.15, -0.1) is 11.3 Å². The lowest BCUT2D eigenvalue weighted by Crippen LogP contribution is -2.13. The van der Waals surface area contributed by atoms with Gasteiger partial charge in [-0.2, -0.15) is 11.8 Å². The number of thioether (sulfide) groups is 1. The number of aryl methyl sites for hydroxylation is 1. The van der Waals surface area contributed by atoms with Gasteiger partial charge in [-0.3, -0.25) is 4.79 Å². The summed E-state index contributed by atoms with van der Waals surface area (Å²) in [6.07, 6.45) is 2.79. The summed E-state index contributed by atoms with van der Waals surface area (Å²) in [7, 11) is 0. The fourth-order valence-electron chi connectivity index (χ4n) is 1.69. The molecule has 0 amide bonds. The average Bonchev–Trinajstić information content (AvgIpc) is 2.87.